The molecule has 1 aliphatic heterocycles. The number of benzene rings is 2. The Morgan fingerprint density at radius 3 is 2.50 bits per heavy atom. The molecule has 0 aromatic heterocycles. The van der Waals surface area contributed by atoms with Crippen LogP contribution in [0.5, 0.6) is 0 Å². The molecule has 0 atom stereocenters. The smallest absolute Gasteiger partial charge is 0.231 e. The molecule has 0 spiro atoms. The van der Waals surface area contributed by atoms with Crippen LogP contribution in [0.2, 0.25) is 0 Å². The highest BCUT2D eigenvalue weighted by molar-refractivity contribution is 6.00. The third-order valence-electron chi connectivity index (χ3n) is 4.86. The number of methoxy groups -OCH3 is 2. The van der Waals surface area contributed by atoms with Crippen molar-refractivity contribution < 1.29 is 14.3 Å². The van der Waals surface area contributed by atoms with Crippen LogP contribution in [0.4, 0.5) is 5.69 Å². The van der Waals surface area contributed by atoms with Crippen LogP contribution in [-0.4, -0.2) is 26.7 Å². The predicted octanol–water partition coefficient (Wildman–Crippen LogP) is 4.24. The van der Waals surface area contributed by atoms with Crippen molar-refractivity contribution in [2.24, 2.45) is 0 Å². The second kappa shape index (κ2) is 7.75. The molecule has 26 heavy (non-hydrogen) atoms. The van der Waals surface area contributed by atoms with Gasteiger partial charge in [-0.05, 0) is 42.7 Å². The fourth-order valence-electron chi connectivity index (χ4n) is 3.39. The number of rotatable bonds is 5. The first-order valence-corrected chi connectivity index (χ1v) is 8.76. The normalized spacial score (nSPS) is 14.3. The molecule has 4 heteroatoms. The molecule has 136 valence electrons. The zero-order valence-corrected chi connectivity index (χ0v) is 15.8. The maximum absolute atomic E-state index is 13.1. The molecular weight excluding hydrogens is 326 g/mol. The first-order chi connectivity index (χ1) is 12.5. The molecule has 0 bridgehead atoms. The van der Waals surface area contributed by atoms with E-state index < -0.39 is 0 Å². The van der Waals surface area contributed by atoms with Gasteiger partial charge in [0.05, 0.1) is 32.4 Å². The van der Waals surface area contributed by atoms with Crippen molar-refractivity contribution in [2.45, 2.75) is 26.8 Å². The van der Waals surface area contributed by atoms with E-state index in [1.54, 1.807) is 14.2 Å². The highest BCUT2D eigenvalue weighted by Gasteiger charge is 2.28. The molecule has 0 saturated heterocycles. The van der Waals surface area contributed by atoms with Gasteiger partial charge in [0.15, 0.2) is 0 Å². The molecule has 4 nitrogen and oxygen atoms in total. The minimum atomic E-state index is 0.0507. The summed E-state index contributed by atoms with van der Waals surface area (Å²) in [5, 5.41) is 0. The largest absolute Gasteiger partial charge is 0.496 e. The Hall–Kier alpha value is -2.59. The van der Waals surface area contributed by atoms with Crippen LogP contribution in [0.1, 0.15) is 28.7 Å². The fraction of sp³-hybridized carbons (Fsp3) is 0.318. The first-order valence-electron chi connectivity index (χ1n) is 8.76. The lowest BCUT2D eigenvalue weighted by Crippen LogP contribution is -2.30. The molecule has 2 aromatic rings. The number of ether oxygens (including phenoxy) is 2. The van der Waals surface area contributed by atoms with Crippen molar-refractivity contribution in [2.75, 3.05) is 25.7 Å². The number of hydrogen-bond donors (Lipinski definition) is 0. The van der Waals surface area contributed by atoms with Crippen molar-refractivity contribution in [3.63, 3.8) is 0 Å². The molecule has 0 unspecified atom stereocenters. The second-order valence-corrected chi connectivity index (χ2v) is 6.66. The summed E-state index contributed by atoms with van der Waals surface area (Å²) in [6, 6.07) is 14.2. The number of carbonyl (C=O) groups is 1. The standard InChI is InChI=1S/C22H25NO3/c1-15-9-10-17(11-16(15)2)13-23-20-8-6-5-7-19(20)22(26-4)18(14-25-3)12-21(23)24/h5-11H,12-14H2,1-4H3. The summed E-state index contributed by atoms with van der Waals surface area (Å²) < 4.78 is 11.0. The van der Waals surface area contributed by atoms with Crippen molar-refractivity contribution in [3.8, 4) is 0 Å². The highest BCUT2D eigenvalue weighted by atomic mass is 16.5. The van der Waals surface area contributed by atoms with Crippen LogP contribution in [-0.2, 0) is 20.8 Å². The van der Waals surface area contributed by atoms with Gasteiger partial charge in [0.25, 0.3) is 0 Å². The lowest BCUT2D eigenvalue weighted by Gasteiger charge is -2.24. The topological polar surface area (TPSA) is 38.8 Å². The summed E-state index contributed by atoms with van der Waals surface area (Å²) in [4.78, 5) is 14.9. The van der Waals surface area contributed by atoms with E-state index in [9.17, 15) is 4.79 Å². The van der Waals surface area contributed by atoms with Gasteiger partial charge in [-0.15, -0.1) is 0 Å². The number of nitrogens with zero attached hydrogens (tertiary/aromatic N) is 1. The third kappa shape index (κ3) is 3.51. The second-order valence-electron chi connectivity index (χ2n) is 6.66. The SMILES string of the molecule is COCC1=C(OC)c2ccccc2N(Cc2ccc(C)c(C)c2)C(=O)C1. The molecule has 1 heterocycles. The van der Waals surface area contributed by atoms with E-state index in [0.717, 1.165) is 28.1 Å². The van der Waals surface area contributed by atoms with Crippen LogP contribution in [0.15, 0.2) is 48.0 Å². The molecule has 0 radical (unpaired) electrons. The van der Waals surface area contributed by atoms with Crippen LogP contribution < -0.4 is 4.90 Å². The number of fused-ring (bicyclic) bond motifs is 1. The van der Waals surface area contributed by atoms with E-state index in [1.165, 1.54) is 11.1 Å². The van der Waals surface area contributed by atoms with E-state index >= 15 is 0 Å². The van der Waals surface area contributed by atoms with Crippen LogP contribution in [0, 0.1) is 13.8 Å². The Labute approximate surface area is 155 Å². The Morgan fingerprint density at radius 2 is 1.81 bits per heavy atom. The van der Waals surface area contributed by atoms with E-state index in [2.05, 4.69) is 32.0 Å². The molecule has 0 aliphatic carbocycles. The number of aryl methyl sites for hydroxylation is 2. The minimum Gasteiger partial charge on any atom is -0.496 e. The summed E-state index contributed by atoms with van der Waals surface area (Å²) in [6.45, 7) is 5.10. The molecular formula is C22H25NO3. The fourth-order valence-corrected chi connectivity index (χ4v) is 3.39. The number of amides is 1. The van der Waals surface area contributed by atoms with E-state index in [1.807, 2.05) is 29.2 Å². The summed E-state index contributed by atoms with van der Waals surface area (Å²) in [5.41, 5.74) is 6.27. The van der Waals surface area contributed by atoms with E-state index in [-0.39, 0.29) is 12.3 Å². The lowest BCUT2D eigenvalue weighted by molar-refractivity contribution is -0.118. The molecule has 0 fully saturated rings. The molecule has 1 aliphatic rings. The van der Waals surface area contributed by atoms with Gasteiger partial charge >= 0.3 is 0 Å². The number of para-hydroxylation sites is 1. The number of carbonyl (C=O) groups excluding carboxylic acids is 1. The Kier molecular flexibility index (Phi) is 5.43. The first kappa shape index (κ1) is 18.2. The van der Waals surface area contributed by atoms with Gasteiger partial charge < -0.3 is 14.4 Å². The Bertz CT molecular complexity index is 854. The Balaban J connectivity index is 2.05. The van der Waals surface area contributed by atoms with Crippen molar-refractivity contribution in [1.29, 1.82) is 0 Å². The lowest BCUT2D eigenvalue weighted by atomic mass is 10.0. The Morgan fingerprint density at radius 1 is 1.04 bits per heavy atom. The average Bonchev–Trinajstić information content (AvgIpc) is 2.74. The minimum absolute atomic E-state index is 0.0507. The molecule has 3 rings (SSSR count). The monoisotopic (exact) mass is 351 g/mol. The summed E-state index contributed by atoms with van der Waals surface area (Å²) in [5.74, 6) is 0.785. The van der Waals surface area contributed by atoms with Gasteiger partial charge in [-0.25, -0.2) is 0 Å². The number of anilines is 1. The highest BCUT2D eigenvalue weighted by Crippen LogP contribution is 2.35. The summed E-state index contributed by atoms with van der Waals surface area (Å²) in [6.07, 6.45) is 0.288. The predicted molar refractivity (Wildman–Crippen MR) is 104 cm³/mol. The van der Waals surface area contributed by atoms with Crippen molar-refractivity contribution >= 4 is 17.4 Å². The van der Waals surface area contributed by atoms with Gasteiger partial charge in [0.1, 0.15) is 5.76 Å². The molecule has 2 aromatic carbocycles. The van der Waals surface area contributed by atoms with E-state index in [4.69, 9.17) is 9.47 Å². The number of hydrogen-bond acceptors (Lipinski definition) is 3. The van der Waals surface area contributed by atoms with Gasteiger partial charge in [-0.2, -0.15) is 0 Å². The van der Waals surface area contributed by atoms with Crippen molar-refractivity contribution in [1.82, 2.24) is 0 Å². The van der Waals surface area contributed by atoms with Crippen molar-refractivity contribution in [3.05, 3.63) is 70.3 Å². The maximum Gasteiger partial charge on any atom is 0.231 e. The average molecular weight is 351 g/mol. The quantitative estimate of drug-likeness (QED) is 0.808. The zero-order valence-electron chi connectivity index (χ0n) is 15.8. The zero-order chi connectivity index (χ0) is 18.7. The van der Waals surface area contributed by atoms with Gasteiger partial charge in [-0.3, -0.25) is 4.79 Å². The third-order valence-corrected chi connectivity index (χ3v) is 4.86. The van der Waals surface area contributed by atoms with Crippen LogP contribution in [0.3, 0.4) is 0 Å². The van der Waals surface area contributed by atoms with Crippen LogP contribution >= 0.6 is 0 Å². The van der Waals surface area contributed by atoms with Crippen LogP contribution in [0.25, 0.3) is 5.76 Å². The summed E-state index contributed by atoms with van der Waals surface area (Å²) >= 11 is 0. The maximum atomic E-state index is 13.1. The van der Waals surface area contributed by atoms with Gasteiger partial charge in [-0.1, -0.05) is 30.3 Å². The van der Waals surface area contributed by atoms with E-state index in [0.29, 0.717) is 13.2 Å². The molecule has 0 N–H and O–H groups in total. The van der Waals surface area contributed by atoms with Gasteiger partial charge in [0, 0.05) is 18.2 Å². The molecule has 0 saturated carbocycles. The van der Waals surface area contributed by atoms with Gasteiger partial charge in [0.2, 0.25) is 5.91 Å². The summed E-state index contributed by atoms with van der Waals surface area (Å²) in [7, 11) is 3.28. The molecule has 1 amide bonds.